The predicted molar refractivity (Wildman–Crippen MR) is 107 cm³/mol. The zero-order valence-electron chi connectivity index (χ0n) is 16.7. The molecule has 2 aromatic rings. The third kappa shape index (κ3) is 4.69. The van der Waals surface area contributed by atoms with Crippen molar-refractivity contribution >= 4 is 17.5 Å². The number of aromatic nitrogens is 2. The normalized spacial score (nSPS) is 16.6. The Morgan fingerprint density at radius 2 is 2.20 bits per heavy atom. The van der Waals surface area contributed by atoms with Gasteiger partial charge in [0.2, 0.25) is 5.91 Å². The van der Waals surface area contributed by atoms with Crippen molar-refractivity contribution in [3.05, 3.63) is 50.6 Å². The minimum Gasteiger partial charge on any atom is -0.467 e. The van der Waals surface area contributed by atoms with Crippen molar-refractivity contribution in [2.24, 2.45) is 0 Å². The number of nitrogens with one attached hydrogen (secondary N) is 2. The zero-order valence-corrected chi connectivity index (χ0v) is 16.7. The molecule has 1 aliphatic rings. The van der Waals surface area contributed by atoms with Gasteiger partial charge in [0.15, 0.2) is 5.78 Å². The van der Waals surface area contributed by atoms with Crippen molar-refractivity contribution < 1.29 is 18.7 Å². The number of ketones is 1. The number of furan rings is 1. The molecule has 162 valence electrons. The fourth-order valence-electron chi connectivity index (χ4n) is 3.54. The Kier molecular flexibility index (Phi) is 6.85. The predicted octanol–water partition coefficient (Wildman–Crippen LogP) is -0.678. The van der Waals surface area contributed by atoms with Crippen LogP contribution < -0.4 is 22.3 Å². The molecule has 1 atom stereocenters. The Balaban J connectivity index is 1.72. The molecular formula is C19H25N5O6. The average Bonchev–Trinajstić information content (AvgIpc) is 3.37. The highest BCUT2D eigenvalue weighted by molar-refractivity contribution is 6.01. The smallest absolute Gasteiger partial charge is 0.330 e. The van der Waals surface area contributed by atoms with E-state index in [1.165, 1.54) is 13.4 Å². The zero-order chi connectivity index (χ0) is 21.7. The molecule has 3 heterocycles. The number of ether oxygens (including phenoxy) is 1. The average molecular weight is 419 g/mol. The van der Waals surface area contributed by atoms with Crippen molar-refractivity contribution in [3.8, 4) is 0 Å². The number of amides is 1. The Bertz CT molecular complexity index is 1010. The quantitative estimate of drug-likeness (QED) is 0.452. The minimum atomic E-state index is -0.839. The van der Waals surface area contributed by atoms with Gasteiger partial charge < -0.3 is 20.2 Å². The van der Waals surface area contributed by atoms with E-state index in [1.54, 1.807) is 17.0 Å². The lowest BCUT2D eigenvalue weighted by Crippen LogP contribution is -2.46. The Morgan fingerprint density at radius 3 is 2.90 bits per heavy atom. The number of anilines is 1. The van der Waals surface area contributed by atoms with Crippen LogP contribution in [0.4, 0.5) is 5.82 Å². The highest BCUT2D eigenvalue weighted by Gasteiger charge is 2.33. The van der Waals surface area contributed by atoms with Gasteiger partial charge >= 0.3 is 5.69 Å². The van der Waals surface area contributed by atoms with E-state index in [9.17, 15) is 19.2 Å². The number of Topliss-reactive ketones (excluding diaryl/α,β-unsaturated/α-hetero) is 1. The molecule has 0 bridgehead atoms. The van der Waals surface area contributed by atoms with Gasteiger partial charge in [0.1, 0.15) is 17.1 Å². The van der Waals surface area contributed by atoms with Crippen molar-refractivity contribution in [3.63, 3.8) is 0 Å². The molecule has 11 nitrogen and oxygen atoms in total. The summed E-state index contributed by atoms with van der Waals surface area (Å²) >= 11 is 0. The van der Waals surface area contributed by atoms with Crippen LogP contribution in [0.25, 0.3) is 0 Å². The van der Waals surface area contributed by atoms with Gasteiger partial charge in [-0.2, -0.15) is 0 Å². The maximum absolute atomic E-state index is 12.9. The number of H-pyrrole nitrogens is 1. The van der Waals surface area contributed by atoms with Gasteiger partial charge in [-0.3, -0.25) is 28.8 Å². The lowest BCUT2D eigenvalue weighted by molar-refractivity contribution is -0.125. The lowest BCUT2D eigenvalue weighted by Gasteiger charge is -2.23. The molecule has 0 aliphatic carbocycles. The van der Waals surface area contributed by atoms with Crippen LogP contribution in [-0.4, -0.2) is 59.0 Å². The second kappa shape index (κ2) is 9.55. The SMILES string of the molecule is COCCn1c(N)c(C(=O)CN2CCCC2C(=O)NCc2ccco2)c(=O)[nH]c1=O. The van der Waals surface area contributed by atoms with Crippen LogP contribution in [0.1, 0.15) is 29.0 Å². The van der Waals surface area contributed by atoms with E-state index in [1.807, 2.05) is 0 Å². The molecule has 0 saturated carbocycles. The van der Waals surface area contributed by atoms with Crippen LogP contribution in [-0.2, 0) is 22.6 Å². The van der Waals surface area contributed by atoms with E-state index in [0.717, 1.165) is 11.0 Å². The minimum absolute atomic E-state index is 0.0970. The first-order chi connectivity index (χ1) is 14.4. The number of aromatic amines is 1. The number of carbonyl (C=O) groups excluding carboxylic acids is 2. The molecule has 1 fully saturated rings. The molecule has 1 aliphatic heterocycles. The monoisotopic (exact) mass is 419 g/mol. The van der Waals surface area contributed by atoms with Crippen LogP contribution in [0.3, 0.4) is 0 Å². The van der Waals surface area contributed by atoms with Gasteiger partial charge in [-0.05, 0) is 31.5 Å². The largest absolute Gasteiger partial charge is 0.467 e. The summed E-state index contributed by atoms with van der Waals surface area (Å²) in [4.78, 5) is 53.5. The molecule has 30 heavy (non-hydrogen) atoms. The Hall–Kier alpha value is -3.18. The summed E-state index contributed by atoms with van der Waals surface area (Å²) in [6, 6.07) is 2.99. The first-order valence-corrected chi connectivity index (χ1v) is 9.61. The van der Waals surface area contributed by atoms with Crippen LogP contribution >= 0.6 is 0 Å². The number of nitrogens with two attached hydrogens (primary N) is 1. The first-order valence-electron chi connectivity index (χ1n) is 9.61. The van der Waals surface area contributed by atoms with Crippen molar-refractivity contribution in [1.82, 2.24) is 19.8 Å². The van der Waals surface area contributed by atoms with E-state index < -0.39 is 23.1 Å². The summed E-state index contributed by atoms with van der Waals surface area (Å²) in [5.41, 5.74) is 4.13. The molecule has 11 heteroatoms. The fourth-order valence-corrected chi connectivity index (χ4v) is 3.54. The Morgan fingerprint density at radius 1 is 1.40 bits per heavy atom. The van der Waals surface area contributed by atoms with E-state index in [0.29, 0.717) is 18.7 Å². The summed E-state index contributed by atoms with van der Waals surface area (Å²) in [5.74, 6) is -0.347. The standard InChI is InChI=1S/C19H25N5O6/c1-29-9-7-24-16(20)15(18(27)22-19(24)28)14(25)11-23-6-2-5-13(23)17(26)21-10-12-4-3-8-30-12/h3-4,8,13H,2,5-7,9-11,20H2,1H3,(H,21,26)(H,22,27,28). The number of nitrogens with zero attached hydrogens (tertiary/aromatic N) is 2. The number of methoxy groups -OCH3 is 1. The molecule has 1 amide bonds. The van der Waals surface area contributed by atoms with E-state index in [-0.39, 0.29) is 43.5 Å². The van der Waals surface area contributed by atoms with Gasteiger partial charge in [0, 0.05) is 7.11 Å². The molecule has 1 unspecified atom stereocenters. The second-order valence-corrected chi connectivity index (χ2v) is 7.01. The third-order valence-electron chi connectivity index (χ3n) is 5.07. The van der Waals surface area contributed by atoms with E-state index >= 15 is 0 Å². The highest BCUT2D eigenvalue weighted by Crippen LogP contribution is 2.18. The molecule has 2 aromatic heterocycles. The summed E-state index contributed by atoms with van der Waals surface area (Å²) < 4.78 is 11.2. The van der Waals surface area contributed by atoms with Gasteiger partial charge in [-0.1, -0.05) is 0 Å². The molecule has 4 N–H and O–H groups in total. The van der Waals surface area contributed by atoms with Gasteiger partial charge in [0.25, 0.3) is 5.56 Å². The van der Waals surface area contributed by atoms with Crippen LogP contribution in [0.2, 0.25) is 0 Å². The second-order valence-electron chi connectivity index (χ2n) is 7.01. The van der Waals surface area contributed by atoms with Gasteiger partial charge in [-0.15, -0.1) is 0 Å². The van der Waals surface area contributed by atoms with Crippen molar-refractivity contribution in [1.29, 1.82) is 0 Å². The number of carbonyl (C=O) groups is 2. The number of rotatable bonds is 9. The van der Waals surface area contributed by atoms with Gasteiger partial charge in [0.05, 0.1) is 38.5 Å². The first kappa shape index (κ1) is 21.5. The number of nitrogen functional groups attached to an aromatic ring is 1. The van der Waals surface area contributed by atoms with E-state index in [4.69, 9.17) is 14.9 Å². The molecule has 0 spiro atoms. The summed E-state index contributed by atoms with van der Waals surface area (Å²) in [5, 5.41) is 2.79. The van der Waals surface area contributed by atoms with E-state index in [2.05, 4.69) is 10.3 Å². The van der Waals surface area contributed by atoms with Gasteiger partial charge in [-0.25, -0.2) is 4.79 Å². The molecule has 3 rings (SSSR count). The maximum atomic E-state index is 12.9. The van der Waals surface area contributed by atoms with Crippen molar-refractivity contribution in [2.75, 3.05) is 32.5 Å². The summed E-state index contributed by atoms with van der Waals surface area (Å²) in [6.45, 7) is 0.912. The van der Waals surface area contributed by atoms with Crippen LogP contribution in [0.15, 0.2) is 32.4 Å². The number of likely N-dealkylation sites (tertiary alicyclic amines) is 1. The number of hydrogen-bond donors (Lipinski definition) is 3. The highest BCUT2D eigenvalue weighted by atomic mass is 16.5. The molecule has 0 radical (unpaired) electrons. The topological polar surface area (TPSA) is 153 Å². The summed E-state index contributed by atoms with van der Waals surface area (Å²) in [7, 11) is 1.46. The van der Waals surface area contributed by atoms with Crippen LogP contribution in [0.5, 0.6) is 0 Å². The van der Waals surface area contributed by atoms with Crippen molar-refractivity contribution in [2.45, 2.75) is 32.0 Å². The lowest BCUT2D eigenvalue weighted by atomic mass is 10.1. The summed E-state index contributed by atoms with van der Waals surface area (Å²) in [6.07, 6.45) is 2.86. The molecule has 0 aromatic carbocycles. The molecular weight excluding hydrogens is 394 g/mol. The maximum Gasteiger partial charge on any atom is 0.330 e. The fraction of sp³-hybridized carbons (Fsp3) is 0.474. The molecule has 1 saturated heterocycles. The number of hydrogen-bond acceptors (Lipinski definition) is 8. The van der Waals surface area contributed by atoms with Crippen LogP contribution in [0, 0.1) is 0 Å². The Labute approximate surface area is 171 Å². The third-order valence-corrected chi connectivity index (χ3v) is 5.07.